The van der Waals surface area contributed by atoms with E-state index in [1.54, 1.807) is 5.57 Å². The summed E-state index contributed by atoms with van der Waals surface area (Å²) in [5.74, 6) is 1.30. The van der Waals surface area contributed by atoms with Gasteiger partial charge in [-0.2, -0.15) is 0 Å². The number of alkyl carbamates (subject to hydrolysis) is 1. The van der Waals surface area contributed by atoms with Crippen molar-refractivity contribution in [2.24, 2.45) is 11.8 Å². The summed E-state index contributed by atoms with van der Waals surface area (Å²) in [6.07, 6.45) is 19.0. The Balaban J connectivity index is 1.39. The van der Waals surface area contributed by atoms with Crippen LogP contribution in [-0.2, 0) is 4.74 Å². The van der Waals surface area contributed by atoms with Gasteiger partial charge in [0.1, 0.15) is 5.60 Å². The minimum Gasteiger partial charge on any atom is -0.444 e. The lowest BCUT2D eigenvalue weighted by Gasteiger charge is -2.30. The molecule has 2 N–H and O–H groups in total. The topological polar surface area (TPSA) is 50.4 Å². The summed E-state index contributed by atoms with van der Waals surface area (Å²) < 4.78 is 5.38. The van der Waals surface area contributed by atoms with Crippen LogP contribution in [0.15, 0.2) is 36.0 Å². The summed E-state index contributed by atoms with van der Waals surface area (Å²) in [7, 11) is 0. The van der Waals surface area contributed by atoms with E-state index < -0.39 is 5.60 Å². The summed E-state index contributed by atoms with van der Waals surface area (Å²) in [6.45, 7) is 8.00. The van der Waals surface area contributed by atoms with E-state index in [0.717, 1.165) is 44.4 Å². The van der Waals surface area contributed by atoms with E-state index in [9.17, 15) is 4.79 Å². The Kier molecular flexibility index (Phi) is 7.03. The van der Waals surface area contributed by atoms with Crippen molar-refractivity contribution in [1.29, 1.82) is 0 Å². The fraction of sp³-hybridized carbons (Fsp3) is 0.708. The minimum absolute atomic E-state index is 0.250. The first-order chi connectivity index (χ1) is 13.3. The van der Waals surface area contributed by atoms with Crippen LogP contribution in [-0.4, -0.2) is 29.8 Å². The van der Waals surface area contributed by atoms with Gasteiger partial charge in [0.05, 0.1) is 0 Å². The third-order valence-corrected chi connectivity index (χ3v) is 6.01. The van der Waals surface area contributed by atoms with Crippen LogP contribution < -0.4 is 10.6 Å². The minimum atomic E-state index is -0.433. The molecule has 3 aliphatic carbocycles. The number of hydrogen-bond donors (Lipinski definition) is 2. The molecule has 0 aliphatic heterocycles. The van der Waals surface area contributed by atoms with Crippen molar-refractivity contribution in [3.63, 3.8) is 0 Å². The Morgan fingerprint density at radius 3 is 2.46 bits per heavy atom. The first kappa shape index (κ1) is 21.2. The lowest BCUT2D eigenvalue weighted by molar-refractivity contribution is 0.0489. The van der Waals surface area contributed by atoms with E-state index in [1.807, 2.05) is 20.8 Å². The second-order valence-electron chi connectivity index (χ2n) is 9.62. The largest absolute Gasteiger partial charge is 0.444 e. The quantitative estimate of drug-likeness (QED) is 0.612. The Morgan fingerprint density at radius 2 is 1.86 bits per heavy atom. The average Bonchev–Trinajstić information content (AvgIpc) is 3.39. The number of allylic oxidation sites excluding steroid dienone is 5. The van der Waals surface area contributed by atoms with Crippen molar-refractivity contribution in [3.05, 3.63) is 36.0 Å². The van der Waals surface area contributed by atoms with Crippen LogP contribution in [0.1, 0.15) is 72.6 Å². The van der Waals surface area contributed by atoms with Gasteiger partial charge in [-0.25, -0.2) is 4.79 Å². The van der Waals surface area contributed by atoms with Crippen LogP contribution in [0, 0.1) is 11.8 Å². The molecule has 2 unspecified atom stereocenters. The van der Waals surface area contributed by atoms with Crippen molar-refractivity contribution in [2.45, 2.75) is 96.4 Å². The van der Waals surface area contributed by atoms with E-state index in [1.165, 1.54) is 6.42 Å². The fourth-order valence-electron chi connectivity index (χ4n) is 4.47. The molecule has 3 rings (SSSR count). The maximum Gasteiger partial charge on any atom is 0.407 e. The fourth-order valence-corrected chi connectivity index (χ4v) is 4.47. The predicted molar refractivity (Wildman–Crippen MR) is 115 cm³/mol. The molecule has 4 heteroatoms. The van der Waals surface area contributed by atoms with Crippen molar-refractivity contribution in [2.75, 3.05) is 0 Å². The van der Waals surface area contributed by atoms with Gasteiger partial charge in [0, 0.05) is 18.1 Å². The molecule has 0 saturated heterocycles. The highest BCUT2D eigenvalue weighted by Crippen LogP contribution is 2.41. The number of ether oxygens (including phenoxy) is 1. The van der Waals surface area contributed by atoms with Crippen molar-refractivity contribution >= 4 is 6.09 Å². The molecule has 4 nitrogen and oxygen atoms in total. The van der Waals surface area contributed by atoms with Crippen LogP contribution in [0.4, 0.5) is 4.79 Å². The van der Waals surface area contributed by atoms with Crippen LogP contribution >= 0.6 is 0 Å². The number of carbonyl (C=O) groups excluding carboxylic acids is 1. The van der Waals surface area contributed by atoms with Gasteiger partial charge in [0.15, 0.2) is 0 Å². The molecule has 2 fully saturated rings. The summed E-state index contributed by atoms with van der Waals surface area (Å²) in [6, 6.07) is 1.48. The third kappa shape index (κ3) is 6.51. The number of carbonyl (C=O) groups is 1. The molecule has 0 aromatic heterocycles. The summed E-state index contributed by atoms with van der Waals surface area (Å²) >= 11 is 0. The van der Waals surface area contributed by atoms with Gasteiger partial charge in [-0.3, -0.25) is 0 Å². The molecule has 1 amide bonds. The third-order valence-electron chi connectivity index (χ3n) is 6.01. The molecule has 156 valence electrons. The first-order valence-electron chi connectivity index (χ1n) is 11.1. The van der Waals surface area contributed by atoms with E-state index in [0.29, 0.717) is 18.0 Å². The molecule has 0 aromatic carbocycles. The molecule has 0 radical (unpaired) electrons. The van der Waals surface area contributed by atoms with Crippen LogP contribution in [0.2, 0.25) is 0 Å². The molecule has 0 heterocycles. The standard InChI is InChI=1S/C24H38N2O2/c1-5-18(15-17-9-7-6-8-10-17)21-16-22(21)25-19-11-13-20(14-12-19)26-23(27)28-24(2,3)4/h6-9,15,17,19-22,25H,5,10-14,16H2,1-4H3,(H,26,27)/b18-15+/t17?,19?,20?,21-,22?/m0/s1. The summed E-state index contributed by atoms with van der Waals surface area (Å²) in [5, 5.41) is 6.93. The van der Waals surface area contributed by atoms with Gasteiger partial charge in [-0.1, -0.05) is 42.9 Å². The maximum atomic E-state index is 11.9. The van der Waals surface area contributed by atoms with Gasteiger partial charge in [-0.15, -0.1) is 0 Å². The highest BCUT2D eigenvalue weighted by Gasteiger charge is 2.40. The molecule has 0 spiro atoms. The zero-order valence-electron chi connectivity index (χ0n) is 18.0. The molecule has 3 atom stereocenters. The zero-order chi connectivity index (χ0) is 20.1. The molecule has 2 saturated carbocycles. The van der Waals surface area contributed by atoms with Gasteiger partial charge in [0.2, 0.25) is 0 Å². The van der Waals surface area contributed by atoms with Crippen molar-refractivity contribution < 1.29 is 9.53 Å². The van der Waals surface area contributed by atoms with E-state index in [4.69, 9.17) is 4.74 Å². The number of hydrogen-bond acceptors (Lipinski definition) is 3. The average molecular weight is 387 g/mol. The number of rotatable bonds is 6. The normalized spacial score (nSPS) is 32.9. The first-order valence-corrected chi connectivity index (χ1v) is 11.1. The second kappa shape index (κ2) is 9.30. The Bertz CT molecular complexity index is 621. The zero-order valence-corrected chi connectivity index (χ0v) is 18.0. The summed E-state index contributed by atoms with van der Waals surface area (Å²) in [5.41, 5.74) is 1.20. The van der Waals surface area contributed by atoms with Gasteiger partial charge in [0.25, 0.3) is 0 Å². The smallest absolute Gasteiger partial charge is 0.407 e. The van der Waals surface area contributed by atoms with Crippen LogP contribution in [0.3, 0.4) is 0 Å². The predicted octanol–water partition coefficient (Wildman–Crippen LogP) is 5.27. The molecular weight excluding hydrogens is 348 g/mol. The van der Waals surface area contributed by atoms with Crippen molar-refractivity contribution in [1.82, 2.24) is 10.6 Å². The highest BCUT2D eigenvalue weighted by molar-refractivity contribution is 5.68. The Hall–Kier alpha value is -1.55. The lowest BCUT2D eigenvalue weighted by Crippen LogP contribution is -2.44. The molecule has 28 heavy (non-hydrogen) atoms. The van der Waals surface area contributed by atoms with Gasteiger partial charge in [-0.05, 0) is 77.6 Å². The SMILES string of the molecule is CC/C(=C\C1C=CC=CC1)[C@@H]1CC1NC1CCC(NC(=O)OC(C)(C)C)CC1. The summed E-state index contributed by atoms with van der Waals surface area (Å²) in [4.78, 5) is 11.9. The van der Waals surface area contributed by atoms with E-state index >= 15 is 0 Å². The van der Waals surface area contributed by atoms with E-state index in [-0.39, 0.29) is 12.1 Å². The maximum absolute atomic E-state index is 11.9. The number of amides is 1. The van der Waals surface area contributed by atoms with Crippen LogP contribution in [0.25, 0.3) is 0 Å². The highest BCUT2D eigenvalue weighted by atomic mass is 16.6. The molecule has 0 aromatic rings. The second-order valence-corrected chi connectivity index (χ2v) is 9.62. The number of nitrogens with one attached hydrogen (secondary N) is 2. The molecule has 3 aliphatic rings. The molecular formula is C24H38N2O2. The Labute approximate surface area is 170 Å². The van der Waals surface area contributed by atoms with Crippen LogP contribution in [0.5, 0.6) is 0 Å². The van der Waals surface area contributed by atoms with E-state index in [2.05, 4.69) is 47.9 Å². The van der Waals surface area contributed by atoms with Gasteiger partial charge >= 0.3 is 6.09 Å². The Morgan fingerprint density at radius 1 is 1.14 bits per heavy atom. The lowest BCUT2D eigenvalue weighted by atomic mass is 9.91. The molecule has 0 bridgehead atoms. The van der Waals surface area contributed by atoms with Crippen molar-refractivity contribution in [3.8, 4) is 0 Å². The van der Waals surface area contributed by atoms with Gasteiger partial charge < -0.3 is 15.4 Å². The monoisotopic (exact) mass is 386 g/mol.